The van der Waals surface area contributed by atoms with Crippen molar-refractivity contribution >= 4 is 17.3 Å². The number of nitrogens with one attached hydrogen (secondary N) is 1. The number of hydrogen-bond donors (Lipinski definition) is 2. The normalized spacial score (nSPS) is 10.7. The summed E-state index contributed by atoms with van der Waals surface area (Å²) < 4.78 is 1.72. The van der Waals surface area contributed by atoms with Gasteiger partial charge in [-0.05, 0) is 50.5 Å². The lowest BCUT2D eigenvalue weighted by Crippen LogP contribution is -2.19. The number of nitrogens with two attached hydrogens (primary N) is 1. The molecule has 1 heterocycles. The third kappa shape index (κ3) is 2.91. The molecule has 0 aliphatic heterocycles. The predicted octanol–water partition coefficient (Wildman–Crippen LogP) is 2.92. The van der Waals surface area contributed by atoms with Crippen molar-refractivity contribution in [3.63, 3.8) is 0 Å². The van der Waals surface area contributed by atoms with E-state index in [0.29, 0.717) is 23.6 Å². The second-order valence-electron chi connectivity index (χ2n) is 5.12. The highest BCUT2D eigenvalue weighted by Gasteiger charge is 2.16. The molecule has 1 aromatic carbocycles. The van der Waals surface area contributed by atoms with Gasteiger partial charge in [0.15, 0.2) is 0 Å². The molecule has 0 saturated heterocycles. The molecule has 1 amide bonds. The average molecular weight is 286 g/mol. The molecular formula is C16H22N4O. The summed E-state index contributed by atoms with van der Waals surface area (Å²) in [6, 6.07) is 5.60. The zero-order valence-corrected chi connectivity index (χ0v) is 13.0. The number of aromatic nitrogens is 2. The van der Waals surface area contributed by atoms with Gasteiger partial charge in [0.05, 0.1) is 17.1 Å². The monoisotopic (exact) mass is 286 g/mol. The number of rotatable bonds is 4. The number of amides is 1. The number of nitrogens with zero attached hydrogens (tertiary/aromatic N) is 2. The van der Waals surface area contributed by atoms with Gasteiger partial charge in [0.25, 0.3) is 5.91 Å². The van der Waals surface area contributed by atoms with Crippen LogP contribution in [0.2, 0.25) is 0 Å². The minimum absolute atomic E-state index is 0.176. The van der Waals surface area contributed by atoms with Crippen LogP contribution in [0.5, 0.6) is 0 Å². The van der Waals surface area contributed by atoms with Gasteiger partial charge in [0.1, 0.15) is 5.69 Å². The summed E-state index contributed by atoms with van der Waals surface area (Å²) in [5.74, 6) is -0.176. The Morgan fingerprint density at radius 2 is 2.05 bits per heavy atom. The van der Waals surface area contributed by atoms with Crippen LogP contribution in [0.1, 0.15) is 41.2 Å². The van der Waals surface area contributed by atoms with Crippen molar-refractivity contribution < 1.29 is 4.79 Å². The summed E-state index contributed by atoms with van der Waals surface area (Å²) in [7, 11) is 0. The maximum absolute atomic E-state index is 12.5. The van der Waals surface area contributed by atoms with E-state index in [0.717, 1.165) is 23.2 Å². The highest BCUT2D eigenvalue weighted by molar-refractivity contribution is 6.05. The van der Waals surface area contributed by atoms with Crippen LogP contribution in [-0.4, -0.2) is 15.7 Å². The maximum Gasteiger partial charge on any atom is 0.274 e. The van der Waals surface area contributed by atoms with Crippen molar-refractivity contribution in [2.24, 2.45) is 0 Å². The SMILES string of the molecule is CCc1cc(C(=O)Nc2c(N)ccc(C)c2C)n(CC)n1. The molecule has 1 aromatic heterocycles. The molecule has 0 atom stereocenters. The first-order valence-electron chi connectivity index (χ1n) is 7.21. The zero-order chi connectivity index (χ0) is 15.6. The second-order valence-corrected chi connectivity index (χ2v) is 5.12. The van der Waals surface area contributed by atoms with Gasteiger partial charge in [-0.3, -0.25) is 9.48 Å². The third-order valence-electron chi connectivity index (χ3n) is 3.73. The highest BCUT2D eigenvalue weighted by Crippen LogP contribution is 2.26. The van der Waals surface area contributed by atoms with E-state index >= 15 is 0 Å². The molecule has 5 heteroatoms. The molecule has 0 aliphatic rings. The Hall–Kier alpha value is -2.30. The lowest BCUT2D eigenvalue weighted by Gasteiger charge is -2.13. The number of benzene rings is 1. The molecule has 0 aliphatic carbocycles. The number of aryl methyl sites for hydroxylation is 3. The Morgan fingerprint density at radius 1 is 1.33 bits per heavy atom. The van der Waals surface area contributed by atoms with Gasteiger partial charge < -0.3 is 11.1 Å². The Labute approximate surface area is 125 Å². The molecule has 0 saturated carbocycles. The van der Waals surface area contributed by atoms with Crippen LogP contribution in [0.15, 0.2) is 18.2 Å². The van der Waals surface area contributed by atoms with Gasteiger partial charge in [-0.15, -0.1) is 0 Å². The molecule has 0 spiro atoms. The van der Waals surface area contributed by atoms with Crippen LogP contribution >= 0.6 is 0 Å². The highest BCUT2D eigenvalue weighted by atomic mass is 16.2. The van der Waals surface area contributed by atoms with E-state index in [2.05, 4.69) is 10.4 Å². The Balaban J connectivity index is 2.34. The topological polar surface area (TPSA) is 72.9 Å². The Bertz CT molecular complexity index is 673. The van der Waals surface area contributed by atoms with E-state index in [4.69, 9.17) is 5.73 Å². The van der Waals surface area contributed by atoms with E-state index in [1.807, 2.05) is 45.9 Å². The van der Waals surface area contributed by atoms with E-state index in [1.54, 1.807) is 4.68 Å². The molecule has 2 aromatic rings. The van der Waals surface area contributed by atoms with Crippen LogP contribution in [0.3, 0.4) is 0 Å². The fourth-order valence-corrected chi connectivity index (χ4v) is 2.25. The van der Waals surface area contributed by atoms with Gasteiger partial charge in [0.2, 0.25) is 0 Å². The van der Waals surface area contributed by atoms with Crippen molar-refractivity contribution in [1.82, 2.24) is 9.78 Å². The summed E-state index contributed by atoms with van der Waals surface area (Å²) in [6.45, 7) is 8.60. The first-order chi connectivity index (χ1) is 9.97. The van der Waals surface area contributed by atoms with Crippen LogP contribution in [0, 0.1) is 13.8 Å². The molecule has 2 rings (SSSR count). The van der Waals surface area contributed by atoms with Gasteiger partial charge in [0, 0.05) is 6.54 Å². The molecule has 0 unspecified atom stereocenters. The number of hydrogen-bond acceptors (Lipinski definition) is 3. The van der Waals surface area contributed by atoms with Crippen molar-refractivity contribution in [1.29, 1.82) is 0 Å². The van der Waals surface area contributed by atoms with Crippen LogP contribution in [0.25, 0.3) is 0 Å². The number of carbonyl (C=O) groups is 1. The van der Waals surface area contributed by atoms with Gasteiger partial charge in [-0.2, -0.15) is 5.10 Å². The summed E-state index contributed by atoms with van der Waals surface area (Å²) in [4.78, 5) is 12.5. The van der Waals surface area contributed by atoms with Crippen molar-refractivity contribution in [2.45, 2.75) is 40.7 Å². The Morgan fingerprint density at radius 3 is 2.67 bits per heavy atom. The lowest BCUT2D eigenvalue weighted by molar-refractivity contribution is 0.101. The third-order valence-corrected chi connectivity index (χ3v) is 3.73. The second kappa shape index (κ2) is 5.99. The lowest BCUT2D eigenvalue weighted by atomic mass is 10.1. The van der Waals surface area contributed by atoms with E-state index in [9.17, 15) is 4.79 Å². The summed E-state index contributed by atoms with van der Waals surface area (Å²) in [5.41, 5.74) is 10.8. The molecule has 112 valence electrons. The standard InChI is InChI=1S/C16H22N4O/c1-5-12-9-14(20(6-2)19-12)16(21)18-15-11(4)10(3)7-8-13(15)17/h7-9H,5-6,17H2,1-4H3,(H,18,21). The van der Waals surface area contributed by atoms with Gasteiger partial charge in [-0.1, -0.05) is 13.0 Å². The molecular weight excluding hydrogens is 264 g/mol. The van der Waals surface area contributed by atoms with Crippen molar-refractivity contribution in [2.75, 3.05) is 11.1 Å². The molecule has 0 bridgehead atoms. The van der Waals surface area contributed by atoms with Crippen LogP contribution < -0.4 is 11.1 Å². The molecule has 21 heavy (non-hydrogen) atoms. The first-order valence-corrected chi connectivity index (χ1v) is 7.21. The number of nitrogen functional groups attached to an aromatic ring is 1. The summed E-state index contributed by atoms with van der Waals surface area (Å²) in [6.07, 6.45) is 0.804. The van der Waals surface area contributed by atoms with Crippen molar-refractivity contribution in [3.05, 3.63) is 40.7 Å². The van der Waals surface area contributed by atoms with Crippen molar-refractivity contribution in [3.8, 4) is 0 Å². The summed E-state index contributed by atoms with van der Waals surface area (Å²) in [5, 5.41) is 7.32. The van der Waals surface area contributed by atoms with Gasteiger partial charge >= 0.3 is 0 Å². The van der Waals surface area contributed by atoms with E-state index < -0.39 is 0 Å². The molecule has 3 N–H and O–H groups in total. The quantitative estimate of drug-likeness (QED) is 0.849. The smallest absolute Gasteiger partial charge is 0.274 e. The van der Waals surface area contributed by atoms with E-state index in [-0.39, 0.29) is 5.91 Å². The first kappa shape index (κ1) is 15.1. The predicted molar refractivity (Wildman–Crippen MR) is 85.6 cm³/mol. The number of anilines is 2. The van der Waals surface area contributed by atoms with Crippen LogP contribution in [0.4, 0.5) is 11.4 Å². The number of carbonyl (C=O) groups excluding carboxylic acids is 1. The van der Waals surface area contributed by atoms with Gasteiger partial charge in [-0.25, -0.2) is 0 Å². The minimum atomic E-state index is -0.176. The summed E-state index contributed by atoms with van der Waals surface area (Å²) >= 11 is 0. The fraction of sp³-hybridized carbons (Fsp3) is 0.375. The average Bonchev–Trinajstić information content (AvgIpc) is 2.91. The van der Waals surface area contributed by atoms with E-state index in [1.165, 1.54) is 0 Å². The maximum atomic E-state index is 12.5. The molecule has 5 nitrogen and oxygen atoms in total. The largest absolute Gasteiger partial charge is 0.397 e. The fourth-order valence-electron chi connectivity index (χ4n) is 2.25. The zero-order valence-electron chi connectivity index (χ0n) is 13.0. The molecule has 0 fully saturated rings. The minimum Gasteiger partial charge on any atom is -0.397 e. The molecule has 0 radical (unpaired) electrons. The van der Waals surface area contributed by atoms with Crippen LogP contribution in [-0.2, 0) is 13.0 Å². The Kier molecular flexibility index (Phi) is 4.31.